The van der Waals surface area contributed by atoms with Crippen LogP contribution >= 0.6 is 12.6 Å². The fourth-order valence-corrected chi connectivity index (χ4v) is 2.77. The van der Waals surface area contributed by atoms with Gasteiger partial charge in [0.15, 0.2) is 5.65 Å². The van der Waals surface area contributed by atoms with E-state index in [4.69, 9.17) is 4.98 Å². The maximum absolute atomic E-state index is 4.77. The monoisotopic (exact) mass is 283 g/mol. The molecule has 0 atom stereocenters. The van der Waals surface area contributed by atoms with E-state index in [1.54, 1.807) is 0 Å². The molecule has 0 N–H and O–H groups in total. The third-order valence-corrected chi connectivity index (χ3v) is 3.69. The van der Waals surface area contributed by atoms with Gasteiger partial charge in [-0.25, -0.2) is 9.50 Å². The molecule has 0 saturated carbocycles. The van der Waals surface area contributed by atoms with E-state index in [1.165, 1.54) is 0 Å². The van der Waals surface area contributed by atoms with Crippen LogP contribution in [0.3, 0.4) is 0 Å². The Morgan fingerprint density at radius 2 is 1.95 bits per heavy atom. The van der Waals surface area contributed by atoms with Crippen molar-refractivity contribution in [3.63, 3.8) is 0 Å². The van der Waals surface area contributed by atoms with E-state index in [-0.39, 0.29) is 0 Å². The molecule has 0 aliphatic heterocycles. The van der Waals surface area contributed by atoms with E-state index >= 15 is 0 Å². The van der Waals surface area contributed by atoms with Crippen molar-refractivity contribution in [2.75, 3.05) is 0 Å². The molecule has 0 unspecified atom stereocenters. The van der Waals surface area contributed by atoms with E-state index < -0.39 is 0 Å². The Morgan fingerprint density at radius 3 is 2.65 bits per heavy atom. The van der Waals surface area contributed by atoms with Crippen molar-refractivity contribution in [1.82, 2.24) is 14.6 Å². The first kappa shape index (κ1) is 13.2. The topological polar surface area (TPSA) is 30.2 Å². The lowest BCUT2D eigenvalue weighted by molar-refractivity contribution is 0.798. The standard InChI is InChI=1S/C16H17N3S/c1-3-7-13-10-14(20)19-16(17-13)15(11(2)18-19)12-8-5-4-6-9-12/h4-6,8-10,20H,3,7H2,1-2H3. The number of hydrogen-bond acceptors (Lipinski definition) is 3. The molecule has 0 saturated heterocycles. The van der Waals surface area contributed by atoms with Gasteiger partial charge in [-0.05, 0) is 25.0 Å². The number of thiol groups is 1. The summed E-state index contributed by atoms with van der Waals surface area (Å²) in [5.74, 6) is 0. The van der Waals surface area contributed by atoms with Gasteiger partial charge in [0.2, 0.25) is 0 Å². The third kappa shape index (κ3) is 2.20. The summed E-state index contributed by atoms with van der Waals surface area (Å²) >= 11 is 4.55. The Labute approximate surface area is 124 Å². The second-order valence-electron chi connectivity index (χ2n) is 4.92. The first-order chi connectivity index (χ1) is 9.70. The van der Waals surface area contributed by atoms with Gasteiger partial charge in [-0.3, -0.25) is 0 Å². The minimum atomic E-state index is 0.837. The molecular weight excluding hydrogens is 266 g/mol. The Kier molecular flexibility index (Phi) is 3.49. The molecule has 0 aliphatic rings. The van der Waals surface area contributed by atoms with E-state index in [1.807, 2.05) is 35.7 Å². The molecule has 0 bridgehead atoms. The lowest BCUT2D eigenvalue weighted by Crippen LogP contribution is -1.98. The van der Waals surface area contributed by atoms with Crippen LogP contribution in [0.2, 0.25) is 0 Å². The predicted octanol–water partition coefficient (Wildman–Crippen LogP) is 3.95. The van der Waals surface area contributed by atoms with Crippen molar-refractivity contribution in [2.45, 2.75) is 31.7 Å². The molecule has 4 heteroatoms. The number of benzene rings is 1. The van der Waals surface area contributed by atoms with E-state index in [0.717, 1.165) is 46.0 Å². The van der Waals surface area contributed by atoms with Crippen LogP contribution in [0.15, 0.2) is 41.4 Å². The first-order valence-corrected chi connectivity index (χ1v) is 7.29. The molecule has 0 radical (unpaired) electrons. The zero-order valence-corrected chi connectivity index (χ0v) is 12.6. The van der Waals surface area contributed by atoms with Crippen LogP contribution in [0.4, 0.5) is 0 Å². The SMILES string of the molecule is CCCc1cc(S)n2nc(C)c(-c3ccccc3)c2n1. The number of nitrogens with zero attached hydrogens (tertiary/aromatic N) is 3. The van der Waals surface area contributed by atoms with Crippen LogP contribution in [0.5, 0.6) is 0 Å². The number of aryl methyl sites for hydroxylation is 2. The zero-order chi connectivity index (χ0) is 14.1. The highest BCUT2D eigenvalue weighted by Crippen LogP contribution is 2.28. The summed E-state index contributed by atoms with van der Waals surface area (Å²) in [6.07, 6.45) is 2.03. The molecule has 0 amide bonds. The molecule has 3 nitrogen and oxygen atoms in total. The largest absolute Gasteiger partial charge is 0.233 e. The average molecular weight is 283 g/mol. The maximum Gasteiger partial charge on any atom is 0.164 e. The van der Waals surface area contributed by atoms with E-state index in [2.05, 4.69) is 36.8 Å². The van der Waals surface area contributed by atoms with E-state index in [9.17, 15) is 0 Å². The molecule has 3 rings (SSSR count). The highest BCUT2D eigenvalue weighted by Gasteiger charge is 2.15. The summed E-state index contributed by atoms with van der Waals surface area (Å²) < 4.78 is 1.82. The van der Waals surface area contributed by atoms with Crippen LogP contribution < -0.4 is 0 Å². The fourth-order valence-electron chi connectivity index (χ4n) is 2.48. The molecule has 2 aromatic heterocycles. The minimum Gasteiger partial charge on any atom is -0.233 e. The van der Waals surface area contributed by atoms with Crippen LogP contribution in [0.25, 0.3) is 16.8 Å². The van der Waals surface area contributed by atoms with Crippen molar-refractivity contribution in [1.29, 1.82) is 0 Å². The van der Waals surface area contributed by atoms with Crippen molar-refractivity contribution >= 4 is 18.3 Å². The molecular formula is C16H17N3S. The Morgan fingerprint density at radius 1 is 1.20 bits per heavy atom. The molecule has 0 spiro atoms. The van der Waals surface area contributed by atoms with Crippen molar-refractivity contribution in [3.8, 4) is 11.1 Å². The lowest BCUT2D eigenvalue weighted by Gasteiger charge is -2.04. The van der Waals surface area contributed by atoms with Crippen molar-refractivity contribution in [2.24, 2.45) is 0 Å². The number of rotatable bonds is 3. The zero-order valence-electron chi connectivity index (χ0n) is 11.7. The van der Waals surface area contributed by atoms with Crippen LogP contribution in [0.1, 0.15) is 24.7 Å². The second-order valence-corrected chi connectivity index (χ2v) is 5.38. The highest BCUT2D eigenvalue weighted by molar-refractivity contribution is 7.80. The summed E-state index contributed by atoms with van der Waals surface area (Å²) in [7, 11) is 0. The third-order valence-electron chi connectivity index (χ3n) is 3.37. The van der Waals surface area contributed by atoms with Gasteiger partial charge in [0, 0.05) is 11.3 Å². The summed E-state index contributed by atoms with van der Waals surface area (Å²) in [6.45, 7) is 4.17. The van der Waals surface area contributed by atoms with Crippen LogP contribution in [-0.4, -0.2) is 14.6 Å². The first-order valence-electron chi connectivity index (χ1n) is 6.84. The number of aromatic nitrogens is 3. The highest BCUT2D eigenvalue weighted by atomic mass is 32.1. The van der Waals surface area contributed by atoms with Gasteiger partial charge in [0.25, 0.3) is 0 Å². The molecule has 0 aliphatic carbocycles. The molecule has 2 heterocycles. The normalized spacial score (nSPS) is 11.2. The summed E-state index contributed by atoms with van der Waals surface area (Å²) in [6, 6.07) is 12.3. The van der Waals surface area contributed by atoms with Gasteiger partial charge in [-0.15, -0.1) is 12.6 Å². The summed E-state index contributed by atoms with van der Waals surface area (Å²) in [5.41, 5.74) is 5.19. The van der Waals surface area contributed by atoms with Gasteiger partial charge in [0.05, 0.1) is 10.7 Å². The number of hydrogen-bond donors (Lipinski definition) is 1. The van der Waals surface area contributed by atoms with Gasteiger partial charge in [0.1, 0.15) is 0 Å². The smallest absolute Gasteiger partial charge is 0.164 e. The van der Waals surface area contributed by atoms with Gasteiger partial charge < -0.3 is 0 Å². The summed E-state index contributed by atoms with van der Waals surface area (Å²) in [4.78, 5) is 4.77. The van der Waals surface area contributed by atoms with Crippen LogP contribution in [0, 0.1) is 6.92 Å². The quantitative estimate of drug-likeness (QED) is 0.583. The predicted molar refractivity (Wildman–Crippen MR) is 84.4 cm³/mol. The molecule has 102 valence electrons. The molecule has 1 aromatic carbocycles. The second kappa shape index (κ2) is 5.29. The Hall–Kier alpha value is -1.81. The molecule has 0 fully saturated rings. The van der Waals surface area contributed by atoms with Gasteiger partial charge in [-0.2, -0.15) is 5.10 Å². The molecule has 20 heavy (non-hydrogen) atoms. The number of fused-ring (bicyclic) bond motifs is 1. The molecule has 3 aromatic rings. The van der Waals surface area contributed by atoms with Gasteiger partial charge >= 0.3 is 0 Å². The van der Waals surface area contributed by atoms with Gasteiger partial charge in [-0.1, -0.05) is 43.7 Å². The van der Waals surface area contributed by atoms with Crippen molar-refractivity contribution in [3.05, 3.63) is 47.8 Å². The lowest BCUT2D eigenvalue weighted by atomic mass is 10.1. The fraction of sp³-hybridized carbons (Fsp3) is 0.250. The average Bonchev–Trinajstić information content (AvgIpc) is 2.77. The Bertz CT molecular complexity index is 747. The van der Waals surface area contributed by atoms with Crippen molar-refractivity contribution < 1.29 is 0 Å². The van der Waals surface area contributed by atoms with E-state index in [0.29, 0.717) is 0 Å². The minimum absolute atomic E-state index is 0.837. The maximum atomic E-state index is 4.77. The van der Waals surface area contributed by atoms with Crippen LogP contribution in [-0.2, 0) is 6.42 Å². The Balaban J connectivity index is 2.29. The summed E-state index contributed by atoms with van der Waals surface area (Å²) in [5, 5.41) is 5.40.